The molecule has 1 aliphatic heterocycles. The zero-order chi connectivity index (χ0) is 31.6. The predicted molar refractivity (Wildman–Crippen MR) is 159 cm³/mol. The highest BCUT2D eigenvalue weighted by Gasteiger charge is 2.53. The van der Waals surface area contributed by atoms with Crippen molar-refractivity contribution in [3.8, 4) is 5.75 Å². The second-order valence-corrected chi connectivity index (χ2v) is 15.5. The standard InChI is InChI=1S/C31H43F3N2O6Si/c1-6-43(7-2,8-3)42-22-28-27(35(29(37)31(32,33)34)19-23-14-16-26(40-5)17-15-23)18-25(21-39-4)36(28)30(38)41-20-24-12-10-9-11-13-24/h9-17,25,27-28H,6-8,18-22H2,1-5H3/t25-,27?,28?/m0/s1. The highest BCUT2D eigenvalue weighted by molar-refractivity contribution is 6.73. The van der Waals surface area contributed by atoms with E-state index in [2.05, 4.69) is 0 Å². The molecule has 2 amide bonds. The maximum Gasteiger partial charge on any atom is 0.471 e. The van der Waals surface area contributed by atoms with E-state index in [4.69, 9.17) is 18.6 Å². The first-order valence-corrected chi connectivity index (χ1v) is 17.2. The Labute approximate surface area is 253 Å². The molecule has 0 saturated carbocycles. The van der Waals surface area contributed by atoms with Crippen LogP contribution in [0.3, 0.4) is 0 Å². The van der Waals surface area contributed by atoms with E-state index in [0.717, 1.165) is 28.6 Å². The Morgan fingerprint density at radius 3 is 2.09 bits per heavy atom. The van der Waals surface area contributed by atoms with E-state index in [1.807, 2.05) is 51.1 Å². The molecular formula is C31H43F3N2O6Si. The average molecular weight is 625 g/mol. The van der Waals surface area contributed by atoms with Crippen LogP contribution >= 0.6 is 0 Å². The molecule has 3 atom stereocenters. The molecule has 12 heteroatoms. The highest BCUT2D eigenvalue weighted by Crippen LogP contribution is 2.35. The van der Waals surface area contributed by atoms with Crippen molar-refractivity contribution in [3.63, 3.8) is 0 Å². The smallest absolute Gasteiger partial charge is 0.471 e. The molecule has 1 heterocycles. The van der Waals surface area contributed by atoms with Gasteiger partial charge in [-0.25, -0.2) is 4.79 Å². The number of carbonyl (C=O) groups excluding carboxylic acids is 2. The second kappa shape index (κ2) is 15.6. The molecule has 0 bridgehead atoms. The average Bonchev–Trinajstić information content (AvgIpc) is 3.37. The molecule has 3 rings (SSSR count). The van der Waals surface area contributed by atoms with Gasteiger partial charge in [0.1, 0.15) is 12.4 Å². The minimum absolute atomic E-state index is 0.0112. The quantitative estimate of drug-likeness (QED) is 0.227. The zero-order valence-electron chi connectivity index (χ0n) is 25.6. The van der Waals surface area contributed by atoms with Gasteiger partial charge in [-0.05, 0) is 47.8 Å². The van der Waals surface area contributed by atoms with E-state index in [1.165, 1.54) is 19.1 Å². The number of amides is 2. The van der Waals surface area contributed by atoms with Gasteiger partial charge >= 0.3 is 18.2 Å². The number of methoxy groups -OCH3 is 2. The number of halogens is 3. The first kappa shape index (κ1) is 34.4. The molecule has 0 radical (unpaired) electrons. The first-order valence-electron chi connectivity index (χ1n) is 14.6. The fourth-order valence-corrected chi connectivity index (χ4v) is 8.34. The van der Waals surface area contributed by atoms with Gasteiger partial charge in [0.15, 0.2) is 8.32 Å². The summed E-state index contributed by atoms with van der Waals surface area (Å²) in [5.41, 5.74) is 1.26. The SMILES string of the molecule is CC[Si](CC)(CC)OCC1C(N(Cc2ccc(OC)cc2)C(=O)C(F)(F)F)C[C@@H](COC)N1C(=O)OCc1ccccc1. The number of alkyl halides is 3. The maximum absolute atomic E-state index is 14.1. The molecule has 238 valence electrons. The van der Waals surface area contributed by atoms with Crippen LogP contribution in [0.15, 0.2) is 54.6 Å². The van der Waals surface area contributed by atoms with Crippen molar-refractivity contribution in [2.24, 2.45) is 0 Å². The van der Waals surface area contributed by atoms with Crippen LogP contribution in [0.4, 0.5) is 18.0 Å². The van der Waals surface area contributed by atoms with Crippen molar-refractivity contribution in [3.05, 3.63) is 65.7 Å². The maximum atomic E-state index is 14.1. The van der Waals surface area contributed by atoms with Gasteiger partial charge < -0.3 is 23.5 Å². The number of benzene rings is 2. The van der Waals surface area contributed by atoms with Gasteiger partial charge in [-0.15, -0.1) is 0 Å². The van der Waals surface area contributed by atoms with E-state index in [0.29, 0.717) is 11.3 Å². The summed E-state index contributed by atoms with van der Waals surface area (Å²) in [4.78, 5) is 29.0. The third-order valence-corrected chi connectivity index (χ3v) is 13.0. The van der Waals surface area contributed by atoms with Gasteiger partial charge in [-0.2, -0.15) is 13.2 Å². The summed E-state index contributed by atoms with van der Waals surface area (Å²) in [6.45, 7) is 5.87. The van der Waals surface area contributed by atoms with Crippen LogP contribution in [0.2, 0.25) is 18.1 Å². The van der Waals surface area contributed by atoms with E-state index in [-0.39, 0.29) is 32.8 Å². The fraction of sp³-hybridized carbons (Fsp3) is 0.548. The molecule has 8 nitrogen and oxygen atoms in total. The Morgan fingerprint density at radius 2 is 1.56 bits per heavy atom. The number of nitrogens with zero attached hydrogens (tertiary/aromatic N) is 2. The predicted octanol–water partition coefficient (Wildman–Crippen LogP) is 6.40. The van der Waals surface area contributed by atoms with Gasteiger partial charge in [0.2, 0.25) is 0 Å². The van der Waals surface area contributed by atoms with Gasteiger partial charge in [0.05, 0.1) is 38.4 Å². The summed E-state index contributed by atoms with van der Waals surface area (Å²) >= 11 is 0. The molecule has 0 spiro atoms. The fourth-order valence-electron chi connectivity index (χ4n) is 5.70. The molecule has 1 saturated heterocycles. The number of hydrogen-bond donors (Lipinski definition) is 0. The lowest BCUT2D eigenvalue weighted by atomic mass is 10.0. The van der Waals surface area contributed by atoms with E-state index in [1.54, 1.807) is 24.3 Å². The summed E-state index contributed by atoms with van der Waals surface area (Å²) in [7, 11) is 0.732. The lowest BCUT2D eigenvalue weighted by Gasteiger charge is -2.38. The van der Waals surface area contributed by atoms with Crippen molar-refractivity contribution in [2.45, 2.75) is 82.8 Å². The number of carbonyl (C=O) groups is 2. The molecular weight excluding hydrogens is 581 g/mol. The van der Waals surface area contributed by atoms with Crippen LogP contribution in [-0.2, 0) is 31.8 Å². The molecule has 1 fully saturated rings. The molecule has 2 aromatic carbocycles. The molecule has 43 heavy (non-hydrogen) atoms. The van der Waals surface area contributed by atoms with Crippen molar-refractivity contribution in [2.75, 3.05) is 27.4 Å². The van der Waals surface area contributed by atoms with Crippen LogP contribution in [-0.4, -0.2) is 81.9 Å². The van der Waals surface area contributed by atoms with E-state index >= 15 is 0 Å². The summed E-state index contributed by atoms with van der Waals surface area (Å²) in [5, 5.41) is 0. The Kier molecular flexibility index (Phi) is 12.5. The van der Waals surface area contributed by atoms with Crippen LogP contribution in [0, 0.1) is 0 Å². The summed E-state index contributed by atoms with van der Waals surface area (Å²) in [5.74, 6) is -1.43. The zero-order valence-corrected chi connectivity index (χ0v) is 26.6. The van der Waals surface area contributed by atoms with Crippen LogP contribution in [0.25, 0.3) is 0 Å². The van der Waals surface area contributed by atoms with Crippen molar-refractivity contribution < 1.29 is 41.4 Å². The molecule has 2 unspecified atom stereocenters. The lowest BCUT2D eigenvalue weighted by molar-refractivity contribution is -0.189. The molecule has 0 aromatic heterocycles. The van der Waals surface area contributed by atoms with Crippen LogP contribution in [0.1, 0.15) is 38.3 Å². The van der Waals surface area contributed by atoms with E-state index in [9.17, 15) is 22.8 Å². The first-order chi connectivity index (χ1) is 20.5. The third kappa shape index (κ3) is 8.73. The Morgan fingerprint density at radius 1 is 0.930 bits per heavy atom. The van der Waals surface area contributed by atoms with Gasteiger partial charge in [0, 0.05) is 13.7 Å². The summed E-state index contributed by atoms with van der Waals surface area (Å²) in [6, 6.07) is 15.6. The second-order valence-electron chi connectivity index (χ2n) is 10.8. The Balaban J connectivity index is 2.03. The summed E-state index contributed by atoms with van der Waals surface area (Å²) < 4.78 is 65.1. The van der Waals surface area contributed by atoms with Crippen molar-refractivity contribution in [1.29, 1.82) is 0 Å². The van der Waals surface area contributed by atoms with E-state index < -0.39 is 44.6 Å². The lowest BCUT2D eigenvalue weighted by Crippen LogP contribution is -2.55. The van der Waals surface area contributed by atoms with Crippen LogP contribution in [0.5, 0.6) is 5.75 Å². The topological polar surface area (TPSA) is 77.5 Å². The molecule has 0 N–H and O–H groups in total. The number of hydrogen-bond acceptors (Lipinski definition) is 6. The number of ether oxygens (including phenoxy) is 3. The molecule has 2 aromatic rings. The Bertz CT molecular complexity index is 1160. The van der Waals surface area contributed by atoms with Crippen molar-refractivity contribution >= 4 is 20.3 Å². The highest BCUT2D eigenvalue weighted by atomic mass is 28.4. The molecule has 1 aliphatic rings. The van der Waals surface area contributed by atoms with Gasteiger partial charge in [-0.3, -0.25) is 9.69 Å². The normalized spacial score (nSPS) is 18.9. The minimum atomic E-state index is -5.12. The number of likely N-dealkylation sites (tertiary alicyclic amines) is 1. The molecule has 0 aliphatic carbocycles. The summed E-state index contributed by atoms with van der Waals surface area (Å²) in [6.07, 6.45) is -5.74. The minimum Gasteiger partial charge on any atom is -0.497 e. The van der Waals surface area contributed by atoms with Gasteiger partial charge in [0.25, 0.3) is 0 Å². The van der Waals surface area contributed by atoms with Crippen molar-refractivity contribution in [1.82, 2.24) is 9.80 Å². The van der Waals surface area contributed by atoms with Gasteiger partial charge in [-0.1, -0.05) is 63.2 Å². The Hall–Kier alpha value is -3.09. The monoisotopic (exact) mass is 624 g/mol. The number of rotatable bonds is 14. The van der Waals surface area contributed by atoms with Crippen LogP contribution < -0.4 is 4.74 Å². The third-order valence-electron chi connectivity index (χ3n) is 8.39. The largest absolute Gasteiger partial charge is 0.497 e.